The number of hydrogen-bond donors (Lipinski definition) is 3. The van der Waals surface area contributed by atoms with E-state index in [2.05, 4.69) is 35.7 Å². The number of carbonyl (C=O) groups is 4. The molecule has 0 spiro atoms. The average Bonchev–Trinajstić information content (AvgIpc) is 3.28. The maximum Gasteiger partial charge on any atom is 0.326 e. The third-order valence-corrected chi connectivity index (χ3v) is 11.1. The number of carboxylic acid groups (broad SMARTS) is 1. The second-order valence-corrected chi connectivity index (χ2v) is 13.5. The van der Waals surface area contributed by atoms with Crippen LogP contribution in [-0.4, -0.2) is 53.1 Å². The molecule has 3 fully saturated rings. The zero-order valence-electron chi connectivity index (χ0n) is 25.5. The highest BCUT2D eigenvalue weighted by atomic mass is 16.6. The van der Waals surface area contributed by atoms with Gasteiger partial charge in [0.25, 0.3) is 5.91 Å². The molecule has 0 aromatic heterocycles. The topological polar surface area (TPSA) is 134 Å². The number of amides is 2. The lowest BCUT2D eigenvalue weighted by atomic mass is 9.46. The van der Waals surface area contributed by atoms with Gasteiger partial charge in [-0.3, -0.25) is 14.4 Å². The Morgan fingerprint density at radius 2 is 1.83 bits per heavy atom. The van der Waals surface area contributed by atoms with Gasteiger partial charge in [-0.25, -0.2) is 4.79 Å². The second kappa shape index (κ2) is 12.7. The Balaban J connectivity index is 1.30. The number of aliphatic carboxylic acids is 1. The molecule has 228 valence electrons. The number of nitrogens with one attached hydrogen (secondary N) is 2. The molecule has 4 aliphatic rings. The molecule has 9 nitrogen and oxygen atoms in total. The van der Waals surface area contributed by atoms with E-state index in [0.717, 1.165) is 50.7 Å². The number of rotatable bonds is 11. The van der Waals surface area contributed by atoms with Crippen LogP contribution in [0.25, 0.3) is 0 Å². The molecule has 41 heavy (non-hydrogen) atoms. The lowest BCUT2D eigenvalue weighted by Crippen LogP contribution is -2.51. The van der Waals surface area contributed by atoms with Crippen LogP contribution in [0.15, 0.2) is 16.8 Å². The predicted molar refractivity (Wildman–Crippen MR) is 156 cm³/mol. The third-order valence-electron chi connectivity index (χ3n) is 11.1. The van der Waals surface area contributed by atoms with Crippen molar-refractivity contribution in [3.05, 3.63) is 11.6 Å². The normalized spacial score (nSPS) is 34.8. The summed E-state index contributed by atoms with van der Waals surface area (Å²) in [6.07, 6.45) is 12.6. The number of ketones is 1. The molecule has 0 aromatic carbocycles. The first kappa shape index (κ1) is 31.2. The number of carbonyl (C=O) groups excluding carboxylic acids is 3. The second-order valence-electron chi connectivity index (χ2n) is 13.5. The summed E-state index contributed by atoms with van der Waals surface area (Å²) in [6, 6.07) is -1.86. The average molecular weight is 572 g/mol. The minimum absolute atomic E-state index is 0.142. The summed E-state index contributed by atoms with van der Waals surface area (Å²) in [7, 11) is 0. The van der Waals surface area contributed by atoms with Crippen molar-refractivity contribution in [2.24, 2.45) is 39.7 Å². The maximum atomic E-state index is 12.4. The Morgan fingerprint density at radius 1 is 1.07 bits per heavy atom. The van der Waals surface area contributed by atoms with Crippen LogP contribution in [0.4, 0.5) is 0 Å². The van der Waals surface area contributed by atoms with E-state index in [1.54, 1.807) is 6.92 Å². The number of carboxylic acids is 1. The van der Waals surface area contributed by atoms with E-state index < -0.39 is 29.9 Å². The molecule has 3 N–H and O–H groups in total. The smallest absolute Gasteiger partial charge is 0.326 e. The molecule has 8 atom stereocenters. The number of nitrogens with zero attached hydrogens (tertiary/aromatic N) is 1. The Hall–Kier alpha value is -2.71. The predicted octanol–water partition coefficient (Wildman–Crippen LogP) is 4.79. The number of unbranched alkanes of at least 4 members (excludes halogenated alkanes) is 1. The third kappa shape index (κ3) is 6.38. The highest BCUT2D eigenvalue weighted by molar-refractivity contribution is 5.96. The van der Waals surface area contributed by atoms with Gasteiger partial charge in [0.1, 0.15) is 17.9 Å². The van der Waals surface area contributed by atoms with Gasteiger partial charge in [-0.05, 0) is 106 Å². The lowest BCUT2D eigenvalue weighted by molar-refractivity contribution is -0.142. The van der Waals surface area contributed by atoms with E-state index in [9.17, 15) is 24.3 Å². The summed E-state index contributed by atoms with van der Waals surface area (Å²) in [5.41, 5.74) is 2.57. The monoisotopic (exact) mass is 571 g/mol. The van der Waals surface area contributed by atoms with Crippen molar-refractivity contribution < 1.29 is 29.1 Å². The van der Waals surface area contributed by atoms with Gasteiger partial charge in [0.15, 0.2) is 6.61 Å². The zero-order chi connectivity index (χ0) is 29.9. The van der Waals surface area contributed by atoms with Gasteiger partial charge >= 0.3 is 5.97 Å². The first-order chi connectivity index (χ1) is 19.4. The number of hydrogen-bond acceptors (Lipinski definition) is 6. The summed E-state index contributed by atoms with van der Waals surface area (Å²) in [5.74, 6) is 0.427. The molecule has 4 rings (SSSR count). The first-order valence-corrected chi connectivity index (χ1v) is 15.6. The highest BCUT2D eigenvalue weighted by Crippen LogP contribution is 2.66. The number of fused-ring (bicyclic) bond motifs is 5. The zero-order valence-corrected chi connectivity index (χ0v) is 25.5. The van der Waals surface area contributed by atoms with Crippen molar-refractivity contribution in [1.82, 2.24) is 10.6 Å². The van der Waals surface area contributed by atoms with E-state index in [1.807, 2.05) is 6.92 Å². The van der Waals surface area contributed by atoms with Crippen LogP contribution in [0.3, 0.4) is 0 Å². The molecule has 0 bridgehead atoms. The van der Waals surface area contributed by atoms with Crippen LogP contribution < -0.4 is 10.6 Å². The van der Waals surface area contributed by atoms with Gasteiger partial charge < -0.3 is 20.6 Å². The molecule has 0 radical (unpaired) electrons. The fourth-order valence-corrected chi connectivity index (χ4v) is 8.80. The van der Waals surface area contributed by atoms with Gasteiger partial charge in [-0.2, -0.15) is 0 Å². The van der Waals surface area contributed by atoms with Crippen LogP contribution in [0.5, 0.6) is 0 Å². The number of Topliss-reactive ketones (excluding diaryl/α,β-unsaturated/α-hetero) is 1. The quantitative estimate of drug-likeness (QED) is 0.305. The van der Waals surface area contributed by atoms with Gasteiger partial charge in [0.2, 0.25) is 5.91 Å². The largest absolute Gasteiger partial charge is 0.480 e. The van der Waals surface area contributed by atoms with Crippen LogP contribution in [0, 0.1) is 34.5 Å². The van der Waals surface area contributed by atoms with Gasteiger partial charge in [0.05, 0.1) is 5.71 Å². The molecular formula is C32H49N3O6. The van der Waals surface area contributed by atoms with Crippen LogP contribution in [0.2, 0.25) is 0 Å². The SMILES string of the molecule is CCCC[C@H](NC(=O)[C@H](C)NC(=O)CO/N=C1\C=C2CC[C@H]3[C@@H]4CC[C@H](C(C)=O)[C@@]4(C)CC[C@@H]3[C@@]2(C)CC1)C(=O)O. The van der Waals surface area contributed by atoms with Gasteiger partial charge in [-0.15, -0.1) is 0 Å². The van der Waals surface area contributed by atoms with E-state index in [1.165, 1.54) is 25.3 Å². The minimum atomic E-state index is -1.09. The number of allylic oxidation sites excluding steroid dienone is 2. The van der Waals surface area contributed by atoms with E-state index in [-0.39, 0.29) is 23.4 Å². The van der Waals surface area contributed by atoms with Crippen LogP contribution in [-0.2, 0) is 24.0 Å². The first-order valence-electron chi connectivity index (χ1n) is 15.6. The Kier molecular flexibility index (Phi) is 9.64. The summed E-state index contributed by atoms with van der Waals surface area (Å²) in [4.78, 5) is 53.9. The van der Waals surface area contributed by atoms with Gasteiger partial charge in [-0.1, -0.05) is 44.3 Å². The maximum absolute atomic E-state index is 12.4. The molecule has 0 saturated heterocycles. The summed E-state index contributed by atoms with van der Waals surface area (Å²) in [5, 5.41) is 18.6. The van der Waals surface area contributed by atoms with Crippen molar-refractivity contribution in [1.29, 1.82) is 0 Å². The molecule has 2 amide bonds. The minimum Gasteiger partial charge on any atom is -0.480 e. The van der Waals surface area contributed by atoms with Crippen molar-refractivity contribution in [2.75, 3.05) is 6.61 Å². The van der Waals surface area contributed by atoms with Crippen molar-refractivity contribution >= 4 is 29.3 Å². The summed E-state index contributed by atoms with van der Waals surface area (Å²) >= 11 is 0. The van der Waals surface area contributed by atoms with E-state index in [4.69, 9.17) is 4.84 Å². The molecule has 0 heterocycles. The standard InChI is InChI=1S/C32H49N3O6/c1-6-7-8-27(30(39)40)34-29(38)19(2)33-28(37)18-41-35-22-13-15-31(4)21(17-22)9-10-23-25-12-11-24(20(3)36)32(25,5)16-14-26(23)31/h17,19,23-27H,6-16,18H2,1-5H3,(H,33,37)(H,34,38)(H,39,40)/b35-22-/t19-,23-,24+,25-,26-,27-,31-,32+/m0/s1. The fraction of sp³-hybridized carbons (Fsp3) is 0.781. The van der Waals surface area contributed by atoms with Crippen molar-refractivity contribution in [3.8, 4) is 0 Å². The molecule has 0 unspecified atom stereocenters. The van der Waals surface area contributed by atoms with E-state index >= 15 is 0 Å². The molecule has 0 aliphatic heterocycles. The molecule has 0 aromatic rings. The Bertz CT molecular complexity index is 1100. The van der Waals surface area contributed by atoms with Crippen LogP contribution >= 0.6 is 0 Å². The van der Waals surface area contributed by atoms with Crippen molar-refractivity contribution in [2.45, 2.75) is 117 Å². The number of oxime groups is 1. The van der Waals surface area contributed by atoms with Gasteiger partial charge in [0, 0.05) is 5.92 Å². The fourth-order valence-electron chi connectivity index (χ4n) is 8.80. The molecular weight excluding hydrogens is 522 g/mol. The van der Waals surface area contributed by atoms with E-state index in [0.29, 0.717) is 36.4 Å². The Labute approximate surface area is 244 Å². The molecule has 9 heteroatoms. The van der Waals surface area contributed by atoms with Crippen molar-refractivity contribution in [3.63, 3.8) is 0 Å². The molecule has 3 saturated carbocycles. The van der Waals surface area contributed by atoms with Crippen LogP contribution in [0.1, 0.15) is 105 Å². The summed E-state index contributed by atoms with van der Waals surface area (Å²) in [6.45, 7) is 9.73. The Morgan fingerprint density at radius 3 is 2.51 bits per heavy atom. The lowest BCUT2D eigenvalue weighted by Gasteiger charge is -2.58. The summed E-state index contributed by atoms with van der Waals surface area (Å²) < 4.78 is 0. The molecule has 4 aliphatic carbocycles. The highest BCUT2D eigenvalue weighted by Gasteiger charge is 2.59.